The molecule has 0 aromatic heterocycles. The van der Waals surface area contributed by atoms with Crippen LogP contribution in [-0.4, -0.2) is 25.4 Å². The number of nitrogens with zero attached hydrogens (tertiary/aromatic N) is 1. The fourth-order valence-corrected chi connectivity index (χ4v) is 2.39. The number of esters is 1. The molecule has 0 unspecified atom stereocenters. The first-order valence-corrected chi connectivity index (χ1v) is 7.46. The highest BCUT2D eigenvalue weighted by Gasteiger charge is 2.30. The molecule has 1 aromatic rings. The predicted molar refractivity (Wildman–Crippen MR) is 67.5 cm³/mol. The van der Waals surface area contributed by atoms with Crippen LogP contribution < -0.4 is 5.14 Å². The zero-order valence-electron chi connectivity index (χ0n) is 10.6. The second kappa shape index (κ2) is 5.37. The van der Waals surface area contributed by atoms with Gasteiger partial charge >= 0.3 is 5.97 Å². The molecule has 2 N–H and O–H groups in total. The van der Waals surface area contributed by atoms with Crippen molar-refractivity contribution in [2.24, 2.45) is 5.14 Å². The Kier molecular flexibility index (Phi) is 3.92. The molecule has 1 aliphatic rings. The number of primary sulfonamides is 1. The quantitative estimate of drug-likeness (QED) is 0.502. The molecule has 1 saturated carbocycles. The Balaban J connectivity index is 2.50. The highest BCUT2D eigenvalue weighted by atomic mass is 32.2. The van der Waals surface area contributed by atoms with Crippen molar-refractivity contribution in [1.29, 1.82) is 0 Å². The van der Waals surface area contributed by atoms with Crippen LogP contribution in [-0.2, 0) is 14.8 Å². The van der Waals surface area contributed by atoms with E-state index in [9.17, 15) is 27.7 Å². The summed E-state index contributed by atoms with van der Waals surface area (Å²) in [6.45, 7) is 0. The number of halogens is 1. The molecule has 0 heterocycles. The van der Waals surface area contributed by atoms with Crippen LogP contribution in [0.4, 0.5) is 10.1 Å². The molecule has 1 aromatic carbocycles. The van der Waals surface area contributed by atoms with Gasteiger partial charge in [0, 0.05) is 12.1 Å². The SMILES string of the molecule is NS(=O)(=O)c1cc([N+](=O)[O-])cc(C(=O)OC2CCC2)c1F. The van der Waals surface area contributed by atoms with Crippen molar-refractivity contribution >= 4 is 21.7 Å². The zero-order valence-corrected chi connectivity index (χ0v) is 11.4. The van der Waals surface area contributed by atoms with E-state index in [-0.39, 0.29) is 6.10 Å². The molecule has 2 rings (SSSR count). The van der Waals surface area contributed by atoms with Gasteiger partial charge in [-0.3, -0.25) is 10.1 Å². The molecule has 21 heavy (non-hydrogen) atoms. The molecular weight excluding hydrogens is 307 g/mol. The highest BCUT2D eigenvalue weighted by molar-refractivity contribution is 7.89. The van der Waals surface area contributed by atoms with Crippen molar-refractivity contribution in [3.63, 3.8) is 0 Å². The number of non-ortho nitro benzene ring substituents is 1. The summed E-state index contributed by atoms with van der Waals surface area (Å²) in [5.74, 6) is -2.60. The molecule has 114 valence electrons. The lowest BCUT2D eigenvalue weighted by Gasteiger charge is -2.25. The maximum Gasteiger partial charge on any atom is 0.341 e. The number of nitro groups is 1. The second-order valence-corrected chi connectivity index (χ2v) is 6.10. The summed E-state index contributed by atoms with van der Waals surface area (Å²) in [7, 11) is -4.55. The van der Waals surface area contributed by atoms with E-state index in [1.165, 1.54) is 0 Å². The normalized spacial score (nSPS) is 15.3. The second-order valence-electron chi connectivity index (χ2n) is 4.57. The third-order valence-corrected chi connectivity index (χ3v) is 4.00. The van der Waals surface area contributed by atoms with Gasteiger partial charge in [0.05, 0.1) is 4.92 Å². The molecule has 1 fully saturated rings. The van der Waals surface area contributed by atoms with Crippen LogP contribution in [0, 0.1) is 15.9 Å². The number of carbonyl (C=O) groups excluding carboxylic acids is 1. The van der Waals surface area contributed by atoms with Crippen molar-refractivity contribution in [3.8, 4) is 0 Å². The van der Waals surface area contributed by atoms with Crippen LogP contribution in [0.25, 0.3) is 0 Å². The average molecular weight is 318 g/mol. The summed E-state index contributed by atoms with van der Waals surface area (Å²) in [5, 5.41) is 15.5. The summed E-state index contributed by atoms with van der Waals surface area (Å²) in [6.07, 6.45) is 1.71. The molecule has 1 aliphatic carbocycles. The van der Waals surface area contributed by atoms with Gasteiger partial charge in [-0.25, -0.2) is 22.7 Å². The van der Waals surface area contributed by atoms with Crippen LogP contribution in [0.2, 0.25) is 0 Å². The Morgan fingerprint density at radius 1 is 1.43 bits per heavy atom. The lowest BCUT2D eigenvalue weighted by atomic mass is 9.96. The Labute approximate surface area is 118 Å². The maximum atomic E-state index is 14.1. The largest absolute Gasteiger partial charge is 0.459 e. The standard InChI is InChI=1S/C11H11FN2O6S/c12-10-8(11(15)20-7-2-1-3-7)4-6(14(16)17)5-9(10)21(13,18)19/h4-5,7H,1-3H2,(H2,13,18,19). The van der Waals surface area contributed by atoms with Crippen LogP contribution in [0.3, 0.4) is 0 Å². The van der Waals surface area contributed by atoms with E-state index in [2.05, 4.69) is 0 Å². The molecule has 0 spiro atoms. The van der Waals surface area contributed by atoms with Gasteiger partial charge < -0.3 is 4.74 Å². The zero-order chi connectivity index (χ0) is 15.8. The number of rotatable bonds is 4. The third-order valence-electron chi connectivity index (χ3n) is 3.09. The Morgan fingerprint density at radius 3 is 2.48 bits per heavy atom. The molecule has 0 amide bonds. The maximum absolute atomic E-state index is 14.1. The monoisotopic (exact) mass is 318 g/mol. The van der Waals surface area contributed by atoms with Gasteiger partial charge in [-0.05, 0) is 19.3 Å². The molecule has 8 nitrogen and oxygen atoms in total. The van der Waals surface area contributed by atoms with Gasteiger partial charge in [0.15, 0.2) is 5.82 Å². The number of carbonyl (C=O) groups is 1. The van der Waals surface area contributed by atoms with Crippen molar-refractivity contribution in [3.05, 3.63) is 33.6 Å². The van der Waals surface area contributed by atoms with Crippen molar-refractivity contribution < 1.29 is 27.3 Å². The van der Waals surface area contributed by atoms with E-state index in [0.717, 1.165) is 6.42 Å². The van der Waals surface area contributed by atoms with Crippen LogP contribution in [0.15, 0.2) is 17.0 Å². The van der Waals surface area contributed by atoms with Gasteiger partial charge in [-0.1, -0.05) is 0 Å². The Bertz CT molecular complexity index is 714. The highest BCUT2D eigenvalue weighted by Crippen LogP contribution is 2.28. The van der Waals surface area contributed by atoms with Crippen LogP contribution in [0.1, 0.15) is 29.6 Å². The topological polar surface area (TPSA) is 130 Å². The van der Waals surface area contributed by atoms with E-state index in [1.807, 2.05) is 0 Å². The molecule has 0 aliphatic heterocycles. The number of hydrogen-bond acceptors (Lipinski definition) is 6. The van der Waals surface area contributed by atoms with E-state index in [0.29, 0.717) is 25.0 Å². The molecule has 10 heteroatoms. The first-order valence-electron chi connectivity index (χ1n) is 5.92. The summed E-state index contributed by atoms with van der Waals surface area (Å²) < 4.78 is 41.5. The van der Waals surface area contributed by atoms with Gasteiger partial charge in [0.2, 0.25) is 10.0 Å². The number of sulfonamides is 1. The summed E-state index contributed by atoms with van der Waals surface area (Å²) in [5.41, 5.74) is -1.58. The lowest BCUT2D eigenvalue weighted by molar-refractivity contribution is -0.385. The van der Waals surface area contributed by atoms with E-state index < -0.39 is 42.9 Å². The van der Waals surface area contributed by atoms with Gasteiger partial charge in [-0.2, -0.15) is 0 Å². The molecule has 0 bridgehead atoms. The first kappa shape index (κ1) is 15.3. The predicted octanol–water partition coefficient (Wildman–Crippen LogP) is 1.09. The van der Waals surface area contributed by atoms with Crippen LogP contribution >= 0.6 is 0 Å². The smallest absolute Gasteiger partial charge is 0.341 e. The minimum absolute atomic E-state index is 0.380. The van der Waals surface area contributed by atoms with Gasteiger partial charge in [0.25, 0.3) is 5.69 Å². The fourth-order valence-electron chi connectivity index (χ4n) is 1.75. The first-order chi connectivity index (χ1) is 9.70. The molecule has 0 saturated heterocycles. The van der Waals surface area contributed by atoms with Gasteiger partial charge in [-0.15, -0.1) is 0 Å². The lowest BCUT2D eigenvalue weighted by Crippen LogP contribution is -2.26. The van der Waals surface area contributed by atoms with Crippen LogP contribution in [0.5, 0.6) is 0 Å². The number of nitrogens with two attached hydrogens (primary N) is 1. The molecule has 0 radical (unpaired) electrons. The van der Waals surface area contributed by atoms with E-state index in [4.69, 9.17) is 9.88 Å². The number of nitro benzene ring substituents is 1. The Hall–Kier alpha value is -2.07. The van der Waals surface area contributed by atoms with E-state index >= 15 is 0 Å². The minimum atomic E-state index is -4.55. The molecular formula is C11H11FN2O6S. The summed E-state index contributed by atoms with van der Waals surface area (Å²) in [4.78, 5) is 20.5. The average Bonchev–Trinajstić information content (AvgIpc) is 2.32. The summed E-state index contributed by atoms with van der Waals surface area (Å²) >= 11 is 0. The van der Waals surface area contributed by atoms with Gasteiger partial charge in [0.1, 0.15) is 16.6 Å². The number of hydrogen-bond donors (Lipinski definition) is 1. The summed E-state index contributed by atoms with van der Waals surface area (Å²) in [6, 6.07) is 1.09. The Morgan fingerprint density at radius 2 is 2.05 bits per heavy atom. The van der Waals surface area contributed by atoms with Crippen molar-refractivity contribution in [2.75, 3.05) is 0 Å². The minimum Gasteiger partial charge on any atom is -0.459 e. The van der Waals surface area contributed by atoms with Crippen molar-refractivity contribution in [2.45, 2.75) is 30.3 Å². The number of benzene rings is 1. The molecule has 0 atom stereocenters. The van der Waals surface area contributed by atoms with E-state index in [1.54, 1.807) is 0 Å². The van der Waals surface area contributed by atoms with Crippen molar-refractivity contribution in [1.82, 2.24) is 0 Å². The third kappa shape index (κ3) is 3.16. The number of ether oxygens (including phenoxy) is 1. The fraction of sp³-hybridized carbons (Fsp3) is 0.364.